The van der Waals surface area contributed by atoms with E-state index in [4.69, 9.17) is 9.15 Å². The van der Waals surface area contributed by atoms with Gasteiger partial charge in [-0.3, -0.25) is 9.59 Å². The molecule has 1 N–H and O–H groups in total. The number of hydrogen-bond donors (Lipinski definition) is 1. The normalized spacial score (nSPS) is 14.5. The summed E-state index contributed by atoms with van der Waals surface area (Å²) in [4.78, 5) is 25.4. The van der Waals surface area contributed by atoms with Gasteiger partial charge in [0.25, 0.3) is 5.91 Å². The number of furan rings is 1. The van der Waals surface area contributed by atoms with Gasteiger partial charge in [-0.25, -0.2) is 0 Å². The Morgan fingerprint density at radius 3 is 2.65 bits per heavy atom. The van der Waals surface area contributed by atoms with Gasteiger partial charge in [-0.2, -0.15) is 0 Å². The maximum absolute atomic E-state index is 12.5. The molecule has 132 valence electrons. The molecule has 6 heteroatoms. The molecule has 1 saturated heterocycles. The number of carbonyl (C=O) groups is 2. The largest absolute Gasteiger partial charge is 0.507 e. The van der Waals surface area contributed by atoms with Gasteiger partial charge in [-0.05, 0) is 35.0 Å². The first kappa shape index (κ1) is 16.4. The van der Waals surface area contributed by atoms with Crippen molar-refractivity contribution in [3.63, 3.8) is 0 Å². The van der Waals surface area contributed by atoms with E-state index < -0.39 is 0 Å². The van der Waals surface area contributed by atoms with Crippen LogP contribution in [0.15, 0.2) is 46.9 Å². The Balaban J connectivity index is 1.66. The van der Waals surface area contributed by atoms with Crippen molar-refractivity contribution in [3.05, 3.63) is 53.8 Å². The molecule has 6 nitrogen and oxygen atoms in total. The minimum Gasteiger partial charge on any atom is -0.507 e. The Hall–Kier alpha value is -3.12. The Bertz CT molecular complexity index is 985. The number of hydrogen-bond acceptors (Lipinski definition) is 5. The highest BCUT2D eigenvalue weighted by molar-refractivity contribution is 6.02. The van der Waals surface area contributed by atoms with Gasteiger partial charge in [-0.15, -0.1) is 0 Å². The summed E-state index contributed by atoms with van der Waals surface area (Å²) in [5.41, 5.74) is 1.05. The van der Waals surface area contributed by atoms with E-state index in [1.165, 1.54) is 6.07 Å². The van der Waals surface area contributed by atoms with Crippen molar-refractivity contribution < 1.29 is 23.8 Å². The van der Waals surface area contributed by atoms with Crippen LogP contribution in [0.1, 0.15) is 20.9 Å². The molecule has 1 aromatic heterocycles. The van der Waals surface area contributed by atoms with Crippen LogP contribution < -0.4 is 0 Å². The number of phenols is 1. The molecule has 2 aromatic carbocycles. The lowest BCUT2D eigenvalue weighted by Crippen LogP contribution is -2.40. The number of aromatic hydroxyl groups is 1. The van der Waals surface area contributed by atoms with Crippen molar-refractivity contribution in [2.45, 2.75) is 0 Å². The van der Waals surface area contributed by atoms with Gasteiger partial charge in [0, 0.05) is 18.7 Å². The number of ether oxygens (including phenoxy) is 1. The lowest BCUT2D eigenvalue weighted by molar-refractivity contribution is 0.0283. The minimum absolute atomic E-state index is 0.0448. The molecule has 26 heavy (non-hydrogen) atoms. The quantitative estimate of drug-likeness (QED) is 0.734. The SMILES string of the molecule is O=Cc1c(O)ccc2cc(-c3ccc(C(=O)N4CCOCC4)o3)ccc12. The summed E-state index contributed by atoms with van der Waals surface area (Å²) < 4.78 is 11.0. The predicted molar refractivity (Wildman–Crippen MR) is 95.4 cm³/mol. The van der Waals surface area contributed by atoms with Crippen molar-refractivity contribution in [1.29, 1.82) is 0 Å². The minimum atomic E-state index is -0.145. The zero-order valence-corrected chi connectivity index (χ0v) is 14.0. The highest BCUT2D eigenvalue weighted by Gasteiger charge is 2.21. The third-order valence-electron chi connectivity index (χ3n) is 4.56. The zero-order valence-electron chi connectivity index (χ0n) is 14.0. The summed E-state index contributed by atoms with van der Waals surface area (Å²) in [6, 6.07) is 12.1. The average Bonchev–Trinajstić information content (AvgIpc) is 3.18. The summed E-state index contributed by atoms with van der Waals surface area (Å²) in [6.45, 7) is 2.19. The molecule has 1 amide bonds. The molecular formula is C20H17NO5. The molecular weight excluding hydrogens is 334 g/mol. The molecule has 0 bridgehead atoms. The highest BCUT2D eigenvalue weighted by atomic mass is 16.5. The first-order valence-corrected chi connectivity index (χ1v) is 8.35. The molecule has 3 aromatic rings. The van der Waals surface area contributed by atoms with Crippen LogP contribution in [-0.4, -0.2) is 48.5 Å². The van der Waals surface area contributed by atoms with Crippen molar-refractivity contribution in [1.82, 2.24) is 4.90 Å². The molecule has 4 rings (SSSR count). The van der Waals surface area contributed by atoms with Gasteiger partial charge in [0.15, 0.2) is 12.0 Å². The second-order valence-electron chi connectivity index (χ2n) is 6.12. The maximum Gasteiger partial charge on any atom is 0.289 e. The van der Waals surface area contributed by atoms with Crippen LogP contribution in [0.25, 0.3) is 22.1 Å². The number of phenolic OH excluding ortho intramolecular Hbond substituents is 1. The van der Waals surface area contributed by atoms with Crippen LogP contribution in [0.5, 0.6) is 5.75 Å². The van der Waals surface area contributed by atoms with Gasteiger partial charge in [0.05, 0.1) is 18.8 Å². The molecule has 1 fully saturated rings. The van der Waals surface area contributed by atoms with Crippen molar-refractivity contribution in [2.24, 2.45) is 0 Å². The first-order valence-electron chi connectivity index (χ1n) is 8.35. The van der Waals surface area contributed by atoms with Crippen LogP contribution in [-0.2, 0) is 4.74 Å². The highest BCUT2D eigenvalue weighted by Crippen LogP contribution is 2.31. The molecule has 0 atom stereocenters. The molecule has 0 radical (unpaired) electrons. The summed E-state index contributed by atoms with van der Waals surface area (Å²) in [5.74, 6) is 0.677. The van der Waals surface area contributed by atoms with Gasteiger partial charge in [-0.1, -0.05) is 18.2 Å². The standard InChI is InChI=1S/C20H17NO5/c22-12-16-15-3-1-14(11-13(15)2-4-17(16)23)18-5-6-19(26-18)20(24)21-7-9-25-10-8-21/h1-6,11-12,23H,7-10H2. The number of fused-ring (bicyclic) bond motifs is 1. The van der Waals surface area contributed by atoms with Gasteiger partial charge >= 0.3 is 0 Å². The van der Waals surface area contributed by atoms with Crippen LogP contribution in [0.2, 0.25) is 0 Å². The molecule has 0 aliphatic carbocycles. The average molecular weight is 351 g/mol. The van der Waals surface area contributed by atoms with Crippen molar-refractivity contribution in [2.75, 3.05) is 26.3 Å². The van der Waals surface area contributed by atoms with Gasteiger partial charge in [0.2, 0.25) is 0 Å². The third kappa shape index (κ3) is 2.84. The predicted octanol–water partition coefficient (Wildman–Crippen LogP) is 3.09. The summed E-state index contributed by atoms with van der Waals surface area (Å²) in [5, 5.41) is 11.3. The van der Waals surface area contributed by atoms with Crippen molar-refractivity contribution >= 4 is 23.0 Å². The topological polar surface area (TPSA) is 80.0 Å². The maximum atomic E-state index is 12.5. The Morgan fingerprint density at radius 2 is 1.88 bits per heavy atom. The van der Waals surface area contributed by atoms with E-state index in [2.05, 4.69) is 0 Å². The van der Waals surface area contributed by atoms with E-state index in [0.717, 1.165) is 10.9 Å². The van der Waals surface area contributed by atoms with Crippen LogP contribution in [0, 0.1) is 0 Å². The molecule has 2 heterocycles. The second kappa shape index (κ2) is 6.65. The van der Waals surface area contributed by atoms with Crippen LogP contribution in [0.3, 0.4) is 0 Å². The van der Waals surface area contributed by atoms with Crippen molar-refractivity contribution in [3.8, 4) is 17.1 Å². The Kier molecular flexibility index (Phi) is 4.18. The summed E-state index contributed by atoms with van der Waals surface area (Å²) >= 11 is 0. The molecule has 1 aliphatic heterocycles. The monoisotopic (exact) mass is 351 g/mol. The smallest absolute Gasteiger partial charge is 0.289 e. The molecule has 0 saturated carbocycles. The Labute approximate surface area is 149 Å². The number of amides is 1. The molecule has 0 unspecified atom stereocenters. The first-order chi connectivity index (χ1) is 12.7. The fraction of sp³-hybridized carbons (Fsp3) is 0.200. The van der Waals surface area contributed by atoms with Gasteiger partial charge < -0.3 is 19.2 Å². The van der Waals surface area contributed by atoms with E-state index in [0.29, 0.717) is 49.5 Å². The summed E-state index contributed by atoms with van der Waals surface area (Å²) in [7, 11) is 0. The fourth-order valence-electron chi connectivity index (χ4n) is 3.15. The number of nitrogens with zero attached hydrogens (tertiary/aromatic N) is 1. The molecule has 1 aliphatic rings. The van der Waals surface area contributed by atoms with Gasteiger partial charge in [0.1, 0.15) is 11.5 Å². The lowest BCUT2D eigenvalue weighted by atomic mass is 10.0. The summed E-state index contributed by atoms with van der Waals surface area (Å²) in [6.07, 6.45) is 0.642. The van der Waals surface area contributed by atoms with Crippen LogP contribution in [0.4, 0.5) is 0 Å². The molecule has 0 spiro atoms. The zero-order chi connectivity index (χ0) is 18.1. The van der Waals surface area contributed by atoms with E-state index in [-0.39, 0.29) is 17.2 Å². The number of morpholine rings is 1. The van der Waals surface area contributed by atoms with E-state index in [9.17, 15) is 14.7 Å². The number of benzene rings is 2. The van der Waals surface area contributed by atoms with Crippen LogP contribution >= 0.6 is 0 Å². The van der Waals surface area contributed by atoms with E-state index in [1.807, 2.05) is 6.07 Å². The number of aldehydes is 1. The van der Waals surface area contributed by atoms with E-state index >= 15 is 0 Å². The number of rotatable bonds is 3. The Morgan fingerprint density at radius 1 is 1.08 bits per heavy atom. The number of carbonyl (C=O) groups excluding carboxylic acids is 2. The lowest BCUT2D eigenvalue weighted by Gasteiger charge is -2.25. The fourth-order valence-corrected chi connectivity index (χ4v) is 3.15. The third-order valence-corrected chi connectivity index (χ3v) is 4.56. The van der Waals surface area contributed by atoms with E-state index in [1.54, 1.807) is 35.2 Å². The second-order valence-corrected chi connectivity index (χ2v) is 6.12.